The molecule has 10 heteroatoms. The number of nitrogens with one attached hydrogen (secondary N) is 2. The predicted octanol–water partition coefficient (Wildman–Crippen LogP) is 1.18. The third kappa shape index (κ3) is 4.89. The molecular formula is C27H38N4O5S. The minimum atomic E-state index is -0.622. The van der Waals surface area contributed by atoms with E-state index in [-0.39, 0.29) is 35.5 Å². The van der Waals surface area contributed by atoms with Crippen LogP contribution in [0.5, 0.6) is 0 Å². The predicted molar refractivity (Wildman–Crippen MR) is 142 cm³/mol. The van der Waals surface area contributed by atoms with Gasteiger partial charge >= 0.3 is 0 Å². The number of aliphatic hydroxyl groups is 1. The Bertz CT molecular complexity index is 990. The van der Waals surface area contributed by atoms with Gasteiger partial charge in [-0.05, 0) is 37.3 Å². The molecule has 9 nitrogen and oxygen atoms in total. The minimum absolute atomic E-state index is 0.0101. The third-order valence-electron chi connectivity index (χ3n) is 8.48. The zero-order valence-electron chi connectivity index (χ0n) is 21.4. The van der Waals surface area contributed by atoms with E-state index in [4.69, 9.17) is 4.74 Å². The molecule has 4 aliphatic rings. The molecule has 0 saturated carbocycles. The number of unbranched alkanes of at least 4 members (excludes halogenated alkanes) is 1. The van der Waals surface area contributed by atoms with Gasteiger partial charge in [0.15, 0.2) is 0 Å². The van der Waals surface area contributed by atoms with Crippen molar-refractivity contribution in [2.45, 2.75) is 42.2 Å². The molecule has 4 saturated heterocycles. The number of fused-ring (bicyclic) bond motifs is 1. The van der Waals surface area contributed by atoms with E-state index in [1.807, 2.05) is 30.3 Å². The molecule has 37 heavy (non-hydrogen) atoms. The van der Waals surface area contributed by atoms with Gasteiger partial charge in [0.25, 0.3) is 0 Å². The second-order valence-corrected chi connectivity index (χ2v) is 12.2. The average molecular weight is 531 g/mol. The zero-order valence-corrected chi connectivity index (χ0v) is 22.3. The molecule has 3 N–H and O–H groups in total. The Morgan fingerprint density at radius 1 is 1.14 bits per heavy atom. The van der Waals surface area contributed by atoms with Crippen molar-refractivity contribution in [1.29, 1.82) is 0 Å². The van der Waals surface area contributed by atoms with Crippen LogP contribution < -0.4 is 10.6 Å². The fourth-order valence-corrected chi connectivity index (χ4v) is 9.18. The van der Waals surface area contributed by atoms with E-state index in [0.717, 1.165) is 26.1 Å². The smallest absolute Gasteiger partial charge is 0.244 e. The number of benzene rings is 1. The van der Waals surface area contributed by atoms with Crippen molar-refractivity contribution >= 4 is 35.2 Å². The van der Waals surface area contributed by atoms with Crippen LogP contribution in [0.1, 0.15) is 26.2 Å². The van der Waals surface area contributed by atoms with Crippen LogP contribution in [0, 0.1) is 17.8 Å². The monoisotopic (exact) mass is 530 g/mol. The van der Waals surface area contributed by atoms with Crippen LogP contribution in [0.2, 0.25) is 0 Å². The average Bonchev–Trinajstić information content (AvgIpc) is 3.49. The first kappa shape index (κ1) is 26.5. The van der Waals surface area contributed by atoms with Crippen molar-refractivity contribution in [2.75, 3.05) is 57.9 Å². The molecule has 4 heterocycles. The summed E-state index contributed by atoms with van der Waals surface area (Å²) in [6.45, 7) is 6.94. The summed E-state index contributed by atoms with van der Waals surface area (Å²) >= 11 is 1.69. The number of thioether (sulfide) groups is 1. The maximum Gasteiger partial charge on any atom is 0.244 e. The molecule has 0 aliphatic carbocycles. The number of para-hydroxylation sites is 1. The second-order valence-electron chi connectivity index (χ2n) is 10.6. The van der Waals surface area contributed by atoms with Gasteiger partial charge in [0.2, 0.25) is 17.7 Å². The molecule has 3 unspecified atom stereocenters. The number of amides is 3. The van der Waals surface area contributed by atoms with Gasteiger partial charge in [0, 0.05) is 50.3 Å². The van der Waals surface area contributed by atoms with Gasteiger partial charge in [-0.1, -0.05) is 25.1 Å². The van der Waals surface area contributed by atoms with Gasteiger partial charge in [-0.25, -0.2) is 0 Å². The van der Waals surface area contributed by atoms with E-state index in [2.05, 4.69) is 22.5 Å². The number of aliphatic hydroxyl groups excluding tert-OH is 1. The molecule has 4 aliphatic heterocycles. The van der Waals surface area contributed by atoms with E-state index >= 15 is 0 Å². The van der Waals surface area contributed by atoms with Crippen molar-refractivity contribution in [3.05, 3.63) is 30.3 Å². The first-order chi connectivity index (χ1) is 18.0. The molecule has 1 spiro atoms. The number of carbonyl (C=O) groups is 3. The molecule has 5 rings (SSSR count). The Hall–Kier alpha value is -2.14. The maximum absolute atomic E-state index is 14.0. The van der Waals surface area contributed by atoms with Gasteiger partial charge in [-0.2, -0.15) is 0 Å². The van der Waals surface area contributed by atoms with Crippen LogP contribution in [0.25, 0.3) is 0 Å². The van der Waals surface area contributed by atoms with E-state index in [1.54, 1.807) is 16.7 Å². The summed E-state index contributed by atoms with van der Waals surface area (Å²) < 4.78 is 4.79. The molecule has 6 atom stereocenters. The highest BCUT2D eigenvalue weighted by molar-refractivity contribution is 8.02. The fraction of sp³-hybridized carbons (Fsp3) is 0.667. The number of hydrogen-bond acceptors (Lipinski definition) is 7. The molecule has 3 amide bonds. The van der Waals surface area contributed by atoms with Crippen molar-refractivity contribution in [1.82, 2.24) is 15.1 Å². The molecule has 202 valence electrons. The van der Waals surface area contributed by atoms with Gasteiger partial charge < -0.3 is 25.4 Å². The number of hydrogen-bond donors (Lipinski definition) is 3. The summed E-state index contributed by atoms with van der Waals surface area (Å²) in [5.41, 5.74) is 0.713. The lowest BCUT2D eigenvalue weighted by molar-refractivity contribution is -0.139. The lowest BCUT2D eigenvalue weighted by Gasteiger charge is -2.38. The SMILES string of the molecule is CC1C[C@H]2SC13C(C(=O)NCCN1CCOCC1)N(CCCCO)C(=O)[C@@H]3[C@H]2C(=O)Nc1ccccc1. The van der Waals surface area contributed by atoms with Gasteiger partial charge in [0.1, 0.15) is 6.04 Å². The Labute approximate surface area is 222 Å². The number of morpholine rings is 1. The largest absolute Gasteiger partial charge is 0.396 e. The van der Waals surface area contributed by atoms with Gasteiger partial charge in [-0.15, -0.1) is 11.8 Å². The summed E-state index contributed by atoms with van der Waals surface area (Å²) in [4.78, 5) is 45.3. The number of rotatable bonds is 10. The Balaban J connectivity index is 1.37. The van der Waals surface area contributed by atoms with Crippen LogP contribution in [0.15, 0.2) is 30.3 Å². The van der Waals surface area contributed by atoms with Crippen LogP contribution in [0.4, 0.5) is 5.69 Å². The Morgan fingerprint density at radius 2 is 1.89 bits per heavy atom. The first-order valence-corrected chi connectivity index (χ1v) is 14.4. The molecule has 0 radical (unpaired) electrons. The lowest BCUT2D eigenvalue weighted by atomic mass is 9.66. The summed E-state index contributed by atoms with van der Waals surface area (Å²) in [6, 6.07) is 8.71. The van der Waals surface area contributed by atoms with Crippen LogP contribution in [0.3, 0.4) is 0 Å². The number of nitrogens with zero attached hydrogens (tertiary/aromatic N) is 2. The quantitative estimate of drug-likeness (QED) is 0.390. The maximum atomic E-state index is 14.0. The van der Waals surface area contributed by atoms with Crippen LogP contribution >= 0.6 is 11.8 Å². The Morgan fingerprint density at radius 3 is 2.62 bits per heavy atom. The topological polar surface area (TPSA) is 111 Å². The lowest BCUT2D eigenvalue weighted by Crippen LogP contribution is -2.57. The van der Waals surface area contributed by atoms with E-state index in [9.17, 15) is 19.5 Å². The van der Waals surface area contributed by atoms with E-state index in [0.29, 0.717) is 44.8 Å². The zero-order chi connectivity index (χ0) is 26.0. The summed E-state index contributed by atoms with van der Waals surface area (Å²) in [6.07, 6.45) is 1.99. The Kier molecular flexibility index (Phi) is 8.09. The first-order valence-electron chi connectivity index (χ1n) is 13.5. The van der Waals surface area contributed by atoms with Crippen LogP contribution in [-0.4, -0.2) is 101 Å². The second kappa shape index (κ2) is 11.3. The summed E-state index contributed by atoms with van der Waals surface area (Å²) in [5.74, 6) is -1.23. The van der Waals surface area contributed by atoms with E-state index < -0.39 is 22.6 Å². The fourth-order valence-electron chi connectivity index (χ4n) is 6.76. The standard InChI is InChI=1S/C27H38N4O5S/c1-18-17-20-21(24(33)29-19-7-3-2-4-8-19)22-26(35)31(10-5-6-14-32)23(27(18,22)37-20)25(34)28-9-11-30-12-15-36-16-13-30/h2-4,7-8,18,20-23,32H,5-6,9-17H2,1H3,(H,28,34)(H,29,33)/t18?,20-,21+,22+,23?,27?/m1/s1. The molecule has 1 aromatic carbocycles. The minimum Gasteiger partial charge on any atom is -0.396 e. The summed E-state index contributed by atoms with van der Waals surface area (Å²) in [5, 5.41) is 15.5. The number of likely N-dealkylation sites (tertiary alicyclic amines) is 1. The van der Waals surface area contributed by atoms with E-state index in [1.165, 1.54) is 0 Å². The molecule has 0 aromatic heterocycles. The highest BCUT2D eigenvalue weighted by atomic mass is 32.2. The highest BCUT2D eigenvalue weighted by Crippen LogP contribution is 2.68. The third-order valence-corrected chi connectivity index (χ3v) is 10.6. The number of ether oxygens (including phenoxy) is 1. The van der Waals surface area contributed by atoms with Crippen LogP contribution in [-0.2, 0) is 19.1 Å². The molecule has 4 fully saturated rings. The van der Waals surface area contributed by atoms with Gasteiger partial charge in [-0.3, -0.25) is 19.3 Å². The highest BCUT2D eigenvalue weighted by Gasteiger charge is 2.75. The number of anilines is 1. The van der Waals surface area contributed by atoms with Crippen molar-refractivity contribution in [2.24, 2.45) is 17.8 Å². The molecule has 2 bridgehead atoms. The van der Waals surface area contributed by atoms with Crippen molar-refractivity contribution in [3.8, 4) is 0 Å². The van der Waals surface area contributed by atoms with Crippen molar-refractivity contribution < 1.29 is 24.2 Å². The normalized spacial score (nSPS) is 33.0. The number of carbonyl (C=O) groups excluding carboxylic acids is 3. The summed E-state index contributed by atoms with van der Waals surface area (Å²) in [7, 11) is 0. The van der Waals surface area contributed by atoms with Gasteiger partial charge in [0.05, 0.1) is 29.8 Å². The molecule has 1 aromatic rings. The molecular weight excluding hydrogens is 492 g/mol. The van der Waals surface area contributed by atoms with Crippen molar-refractivity contribution in [3.63, 3.8) is 0 Å².